The van der Waals surface area contributed by atoms with Gasteiger partial charge in [0.25, 0.3) is 0 Å². The van der Waals surface area contributed by atoms with Crippen LogP contribution in [0, 0.1) is 6.92 Å². The van der Waals surface area contributed by atoms with Crippen LogP contribution in [0.15, 0.2) is 54.6 Å². The molecule has 0 unspecified atom stereocenters. The van der Waals surface area contributed by atoms with E-state index in [0.29, 0.717) is 6.61 Å². The molecule has 0 fully saturated rings. The van der Waals surface area contributed by atoms with Gasteiger partial charge < -0.3 is 4.74 Å². The number of para-hydroxylation sites is 1. The number of rotatable bonds is 3. The van der Waals surface area contributed by atoms with Gasteiger partial charge in [-0.05, 0) is 30.2 Å². The summed E-state index contributed by atoms with van der Waals surface area (Å²) in [5.74, 6) is 0.917. The number of ether oxygens (including phenoxy) is 1. The van der Waals surface area contributed by atoms with Crippen molar-refractivity contribution in [3.05, 3.63) is 65.7 Å². The van der Waals surface area contributed by atoms with Gasteiger partial charge in [-0.15, -0.1) is 0 Å². The lowest BCUT2D eigenvalue weighted by molar-refractivity contribution is 0.305. The van der Waals surface area contributed by atoms with Gasteiger partial charge in [0.1, 0.15) is 12.4 Å². The molecule has 0 radical (unpaired) electrons. The summed E-state index contributed by atoms with van der Waals surface area (Å²) in [5, 5.41) is 0. The average Bonchev–Trinajstić information content (AvgIpc) is 2.52. The second kappa shape index (κ2) is 11.3. The Labute approximate surface area is 118 Å². The number of hydrogen-bond acceptors (Lipinski definition) is 1. The predicted octanol–water partition coefficient (Wildman–Crippen LogP) is 5.63. The Morgan fingerprint density at radius 3 is 1.84 bits per heavy atom. The maximum Gasteiger partial charge on any atom is 0.119 e. The van der Waals surface area contributed by atoms with Crippen molar-refractivity contribution in [3.8, 4) is 5.75 Å². The molecule has 0 heterocycles. The number of hydrogen-bond donors (Lipinski definition) is 0. The summed E-state index contributed by atoms with van der Waals surface area (Å²) < 4.78 is 5.67. The van der Waals surface area contributed by atoms with E-state index in [4.69, 9.17) is 4.74 Å². The van der Waals surface area contributed by atoms with E-state index in [1.807, 2.05) is 70.2 Å². The minimum Gasteiger partial charge on any atom is -0.489 e. The largest absolute Gasteiger partial charge is 0.489 e. The molecular formula is C18H26O. The van der Waals surface area contributed by atoms with Crippen LogP contribution in [-0.4, -0.2) is 0 Å². The molecular weight excluding hydrogens is 232 g/mol. The van der Waals surface area contributed by atoms with Crippen molar-refractivity contribution in [1.29, 1.82) is 0 Å². The van der Waals surface area contributed by atoms with Gasteiger partial charge >= 0.3 is 0 Å². The molecule has 2 rings (SSSR count). The van der Waals surface area contributed by atoms with E-state index in [9.17, 15) is 0 Å². The second-order valence-corrected chi connectivity index (χ2v) is 3.53. The lowest BCUT2D eigenvalue weighted by atomic mass is 10.1. The van der Waals surface area contributed by atoms with E-state index in [0.717, 1.165) is 5.75 Å². The smallest absolute Gasteiger partial charge is 0.119 e. The molecule has 0 N–H and O–H groups in total. The Morgan fingerprint density at radius 1 is 0.737 bits per heavy atom. The van der Waals surface area contributed by atoms with E-state index < -0.39 is 0 Å². The van der Waals surface area contributed by atoms with E-state index in [1.165, 1.54) is 11.1 Å². The van der Waals surface area contributed by atoms with Crippen LogP contribution in [0.5, 0.6) is 5.75 Å². The van der Waals surface area contributed by atoms with Gasteiger partial charge in [-0.25, -0.2) is 0 Å². The second-order valence-electron chi connectivity index (χ2n) is 3.53. The first kappa shape index (κ1) is 17.2. The standard InChI is InChI=1S/C14H14O.2C2H6/c1-12-7-5-6-8-13(12)11-15-14-9-3-2-4-10-14;2*1-2/h2-10H,11H2,1H3;2*1-2H3. The molecule has 0 aliphatic heterocycles. The van der Waals surface area contributed by atoms with Gasteiger partial charge in [0, 0.05) is 0 Å². The Hall–Kier alpha value is -1.76. The zero-order valence-corrected chi connectivity index (χ0v) is 12.8. The van der Waals surface area contributed by atoms with Gasteiger partial charge in [-0.2, -0.15) is 0 Å². The van der Waals surface area contributed by atoms with Gasteiger partial charge in [0.15, 0.2) is 0 Å². The summed E-state index contributed by atoms with van der Waals surface area (Å²) in [6.45, 7) is 10.7. The highest BCUT2D eigenvalue weighted by Gasteiger charge is 1.97. The van der Waals surface area contributed by atoms with Crippen LogP contribution in [0.2, 0.25) is 0 Å². The Bertz CT molecular complexity index is 421. The normalized spacial score (nSPS) is 8.47. The molecule has 0 saturated heterocycles. The van der Waals surface area contributed by atoms with Crippen LogP contribution in [0.3, 0.4) is 0 Å². The van der Waals surface area contributed by atoms with Crippen LogP contribution < -0.4 is 4.74 Å². The molecule has 2 aromatic carbocycles. The highest BCUT2D eigenvalue weighted by molar-refractivity contribution is 5.26. The Balaban J connectivity index is 0.000000741. The maximum absolute atomic E-state index is 5.67. The van der Waals surface area contributed by atoms with E-state index >= 15 is 0 Å². The first-order valence-electron chi connectivity index (χ1n) is 7.08. The summed E-state index contributed by atoms with van der Waals surface area (Å²) in [4.78, 5) is 0. The summed E-state index contributed by atoms with van der Waals surface area (Å²) in [7, 11) is 0. The highest BCUT2D eigenvalue weighted by atomic mass is 16.5. The fourth-order valence-electron chi connectivity index (χ4n) is 1.45. The summed E-state index contributed by atoms with van der Waals surface area (Å²) in [5.41, 5.74) is 2.51. The van der Waals surface area contributed by atoms with Gasteiger partial charge in [-0.1, -0.05) is 70.2 Å². The van der Waals surface area contributed by atoms with Crippen molar-refractivity contribution < 1.29 is 4.74 Å². The molecule has 0 bridgehead atoms. The molecule has 2 aromatic rings. The number of aryl methyl sites for hydroxylation is 1. The van der Waals surface area contributed by atoms with Crippen LogP contribution in [0.4, 0.5) is 0 Å². The zero-order valence-electron chi connectivity index (χ0n) is 12.8. The third-order valence-corrected chi connectivity index (χ3v) is 2.40. The van der Waals surface area contributed by atoms with Crippen LogP contribution >= 0.6 is 0 Å². The first-order valence-corrected chi connectivity index (χ1v) is 7.08. The fourth-order valence-corrected chi connectivity index (χ4v) is 1.45. The molecule has 104 valence electrons. The molecule has 0 aliphatic carbocycles. The average molecular weight is 258 g/mol. The lowest BCUT2D eigenvalue weighted by Crippen LogP contribution is -1.97. The Kier molecular flexibility index (Phi) is 10.3. The molecule has 0 amide bonds. The van der Waals surface area contributed by atoms with Crippen molar-refractivity contribution in [2.24, 2.45) is 0 Å². The molecule has 19 heavy (non-hydrogen) atoms. The molecule has 0 aliphatic rings. The lowest BCUT2D eigenvalue weighted by Gasteiger charge is -2.07. The highest BCUT2D eigenvalue weighted by Crippen LogP contribution is 2.13. The predicted molar refractivity (Wildman–Crippen MR) is 84.6 cm³/mol. The minimum atomic E-state index is 0.636. The van der Waals surface area contributed by atoms with Gasteiger partial charge in [0.2, 0.25) is 0 Å². The Morgan fingerprint density at radius 2 is 1.26 bits per heavy atom. The summed E-state index contributed by atoms with van der Waals surface area (Å²) in [6.07, 6.45) is 0. The molecule has 0 spiro atoms. The van der Waals surface area contributed by atoms with Crippen LogP contribution in [-0.2, 0) is 6.61 Å². The van der Waals surface area contributed by atoms with E-state index in [-0.39, 0.29) is 0 Å². The molecule has 0 saturated carbocycles. The molecule has 1 heteroatoms. The minimum absolute atomic E-state index is 0.636. The first-order chi connectivity index (χ1) is 9.36. The van der Waals surface area contributed by atoms with Crippen molar-refractivity contribution in [3.63, 3.8) is 0 Å². The zero-order chi connectivity index (χ0) is 14.5. The molecule has 0 atom stereocenters. The fraction of sp³-hybridized carbons (Fsp3) is 0.333. The van der Waals surface area contributed by atoms with Crippen LogP contribution in [0.25, 0.3) is 0 Å². The monoisotopic (exact) mass is 258 g/mol. The SMILES string of the molecule is CC.CC.Cc1ccccc1COc1ccccc1. The van der Waals surface area contributed by atoms with Crippen molar-refractivity contribution in [1.82, 2.24) is 0 Å². The summed E-state index contributed by atoms with van der Waals surface area (Å²) >= 11 is 0. The van der Waals surface area contributed by atoms with E-state index in [2.05, 4.69) is 19.1 Å². The quantitative estimate of drug-likeness (QED) is 0.693. The van der Waals surface area contributed by atoms with Gasteiger partial charge in [-0.3, -0.25) is 0 Å². The topological polar surface area (TPSA) is 9.23 Å². The maximum atomic E-state index is 5.67. The summed E-state index contributed by atoms with van der Waals surface area (Å²) in [6, 6.07) is 18.2. The third kappa shape index (κ3) is 6.66. The molecule has 0 aromatic heterocycles. The van der Waals surface area contributed by atoms with E-state index in [1.54, 1.807) is 0 Å². The number of benzene rings is 2. The van der Waals surface area contributed by atoms with Crippen molar-refractivity contribution >= 4 is 0 Å². The van der Waals surface area contributed by atoms with Crippen molar-refractivity contribution in [2.75, 3.05) is 0 Å². The van der Waals surface area contributed by atoms with Crippen molar-refractivity contribution in [2.45, 2.75) is 41.2 Å². The van der Waals surface area contributed by atoms with Gasteiger partial charge in [0.05, 0.1) is 0 Å². The van der Waals surface area contributed by atoms with Crippen LogP contribution in [0.1, 0.15) is 38.8 Å². The molecule has 1 nitrogen and oxygen atoms in total. The third-order valence-electron chi connectivity index (χ3n) is 2.40.